The maximum atomic E-state index is 11.9. The molecule has 1 amide bonds. The lowest BCUT2D eigenvalue weighted by atomic mass is 10.2. The summed E-state index contributed by atoms with van der Waals surface area (Å²) in [7, 11) is 0. The van der Waals surface area contributed by atoms with Crippen LogP contribution in [0.5, 0.6) is 11.5 Å². The fraction of sp³-hybridized carbons (Fsp3) is 0.300. The van der Waals surface area contributed by atoms with Gasteiger partial charge in [-0.1, -0.05) is 12.1 Å². The summed E-state index contributed by atoms with van der Waals surface area (Å²) in [6.07, 6.45) is 3.73. The van der Waals surface area contributed by atoms with Crippen molar-refractivity contribution < 1.29 is 23.8 Å². The molecule has 0 saturated heterocycles. The van der Waals surface area contributed by atoms with Crippen LogP contribution in [0.1, 0.15) is 29.8 Å². The van der Waals surface area contributed by atoms with Crippen LogP contribution in [0.2, 0.25) is 0 Å². The lowest BCUT2D eigenvalue weighted by Crippen LogP contribution is -2.30. The molecule has 0 radical (unpaired) electrons. The van der Waals surface area contributed by atoms with Crippen molar-refractivity contribution in [3.8, 4) is 11.5 Å². The summed E-state index contributed by atoms with van der Waals surface area (Å²) in [5, 5.41) is 4.74. The normalized spacial score (nSPS) is 14.4. The predicted octanol–water partition coefficient (Wildman–Crippen LogP) is 3.34. The van der Waals surface area contributed by atoms with Crippen molar-refractivity contribution in [3.63, 3.8) is 0 Å². The van der Waals surface area contributed by atoms with Gasteiger partial charge in [0.15, 0.2) is 18.1 Å². The fourth-order valence-electron chi connectivity index (χ4n) is 2.52. The summed E-state index contributed by atoms with van der Waals surface area (Å²) >= 11 is 1.56. The topological polar surface area (TPSA) is 73.9 Å². The summed E-state index contributed by atoms with van der Waals surface area (Å²) in [4.78, 5) is 24.8. The molecular weight excluding hydrogens is 366 g/mol. The first-order chi connectivity index (χ1) is 13.1. The highest BCUT2D eigenvalue weighted by Gasteiger charge is 2.12. The van der Waals surface area contributed by atoms with Gasteiger partial charge >= 0.3 is 5.97 Å². The number of hydrogen-bond donors (Lipinski definition) is 1. The second-order valence-corrected chi connectivity index (χ2v) is 6.98. The van der Waals surface area contributed by atoms with E-state index in [9.17, 15) is 9.59 Å². The first-order valence-corrected chi connectivity index (χ1v) is 9.57. The van der Waals surface area contributed by atoms with E-state index < -0.39 is 5.97 Å². The Balaban J connectivity index is 1.47. The van der Waals surface area contributed by atoms with Crippen molar-refractivity contribution in [2.24, 2.45) is 0 Å². The van der Waals surface area contributed by atoms with Gasteiger partial charge in [0.05, 0.1) is 19.3 Å². The standard InChI is InChI=1S/C20H21NO5S/c1-14(18-4-2-11-27-18)21-19(22)13-26-20(23)8-6-15-5-7-16-17(12-15)25-10-3-9-24-16/h2,4-8,11-12,14H,3,9-10,13H2,1H3,(H,21,22)/b8-6+/t14-/m1/s1. The minimum atomic E-state index is -0.582. The molecule has 0 unspecified atom stereocenters. The number of benzene rings is 1. The van der Waals surface area contributed by atoms with Gasteiger partial charge in [0, 0.05) is 17.4 Å². The lowest BCUT2D eigenvalue weighted by molar-refractivity contribution is -0.144. The van der Waals surface area contributed by atoms with E-state index in [1.54, 1.807) is 23.5 Å². The number of ether oxygens (including phenoxy) is 3. The maximum Gasteiger partial charge on any atom is 0.331 e. The molecule has 1 aliphatic rings. The summed E-state index contributed by atoms with van der Waals surface area (Å²) in [6, 6.07) is 9.19. The number of hydrogen-bond acceptors (Lipinski definition) is 6. The Kier molecular flexibility index (Phi) is 6.49. The molecule has 142 valence electrons. The maximum absolute atomic E-state index is 11.9. The van der Waals surface area contributed by atoms with Gasteiger partial charge in [-0.2, -0.15) is 0 Å². The lowest BCUT2D eigenvalue weighted by Gasteiger charge is -2.11. The molecule has 1 aromatic carbocycles. The van der Waals surface area contributed by atoms with Crippen LogP contribution in [0.25, 0.3) is 6.08 Å². The Bertz CT molecular complexity index is 816. The van der Waals surface area contributed by atoms with Crippen LogP contribution in [-0.2, 0) is 14.3 Å². The van der Waals surface area contributed by atoms with E-state index in [0.717, 1.165) is 16.9 Å². The molecule has 0 saturated carbocycles. The van der Waals surface area contributed by atoms with Crippen LogP contribution < -0.4 is 14.8 Å². The van der Waals surface area contributed by atoms with Crippen molar-refractivity contribution >= 4 is 29.3 Å². The minimum absolute atomic E-state index is 0.117. The van der Waals surface area contributed by atoms with E-state index in [1.807, 2.05) is 36.6 Å². The summed E-state index contributed by atoms with van der Waals surface area (Å²) in [5.41, 5.74) is 0.784. The molecule has 0 spiro atoms. The highest BCUT2D eigenvalue weighted by atomic mass is 32.1. The SMILES string of the molecule is C[C@@H](NC(=O)COC(=O)/C=C/c1ccc2c(c1)OCCCO2)c1cccs1. The number of fused-ring (bicyclic) bond motifs is 1. The first kappa shape index (κ1) is 19.0. The highest BCUT2D eigenvalue weighted by molar-refractivity contribution is 7.10. The van der Waals surface area contributed by atoms with Crippen LogP contribution >= 0.6 is 11.3 Å². The third-order valence-corrected chi connectivity index (χ3v) is 4.93. The van der Waals surface area contributed by atoms with Gasteiger partial charge in [0.1, 0.15) is 0 Å². The van der Waals surface area contributed by atoms with E-state index in [-0.39, 0.29) is 18.6 Å². The van der Waals surface area contributed by atoms with E-state index >= 15 is 0 Å². The second-order valence-electron chi connectivity index (χ2n) is 6.00. The Labute approximate surface area is 161 Å². The van der Waals surface area contributed by atoms with E-state index in [2.05, 4.69) is 5.32 Å². The van der Waals surface area contributed by atoms with Crippen molar-refractivity contribution in [1.29, 1.82) is 0 Å². The van der Waals surface area contributed by atoms with E-state index in [4.69, 9.17) is 14.2 Å². The van der Waals surface area contributed by atoms with Crippen molar-refractivity contribution in [1.82, 2.24) is 5.32 Å². The van der Waals surface area contributed by atoms with Gasteiger partial charge in [0.2, 0.25) is 0 Å². The van der Waals surface area contributed by atoms with Gasteiger partial charge in [0.25, 0.3) is 5.91 Å². The molecule has 0 aliphatic carbocycles. The zero-order valence-corrected chi connectivity index (χ0v) is 15.8. The van der Waals surface area contributed by atoms with Gasteiger partial charge in [-0.15, -0.1) is 11.3 Å². The fourth-order valence-corrected chi connectivity index (χ4v) is 3.26. The molecule has 1 N–H and O–H groups in total. The molecule has 0 fully saturated rings. The van der Waals surface area contributed by atoms with Gasteiger partial charge in [-0.25, -0.2) is 4.79 Å². The zero-order valence-electron chi connectivity index (χ0n) is 15.0. The molecule has 7 heteroatoms. The van der Waals surface area contributed by atoms with Crippen LogP contribution in [-0.4, -0.2) is 31.7 Å². The quantitative estimate of drug-likeness (QED) is 0.608. The number of nitrogens with one attached hydrogen (secondary N) is 1. The van der Waals surface area contributed by atoms with Gasteiger partial charge < -0.3 is 19.5 Å². The average molecular weight is 387 g/mol. The Hall–Kier alpha value is -2.80. The Morgan fingerprint density at radius 2 is 2.07 bits per heavy atom. The van der Waals surface area contributed by atoms with Crippen molar-refractivity contribution in [3.05, 3.63) is 52.2 Å². The molecule has 1 atom stereocenters. The van der Waals surface area contributed by atoms with Crippen LogP contribution in [0.4, 0.5) is 0 Å². The molecule has 27 heavy (non-hydrogen) atoms. The summed E-state index contributed by atoms with van der Waals surface area (Å²) < 4.78 is 16.2. The van der Waals surface area contributed by atoms with Gasteiger partial charge in [-0.3, -0.25) is 4.79 Å². The third-order valence-electron chi connectivity index (χ3n) is 3.88. The third kappa shape index (κ3) is 5.59. The summed E-state index contributed by atoms with van der Waals surface area (Å²) in [6.45, 7) is 2.79. The van der Waals surface area contributed by atoms with Crippen LogP contribution in [0.15, 0.2) is 41.8 Å². The van der Waals surface area contributed by atoms with Crippen LogP contribution in [0.3, 0.4) is 0 Å². The van der Waals surface area contributed by atoms with E-state index in [0.29, 0.717) is 24.7 Å². The second kappa shape index (κ2) is 9.23. The number of amides is 1. The molecule has 0 bridgehead atoms. The molecule has 2 aromatic rings. The minimum Gasteiger partial charge on any atom is -0.490 e. The monoisotopic (exact) mass is 387 g/mol. The smallest absolute Gasteiger partial charge is 0.331 e. The van der Waals surface area contributed by atoms with E-state index in [1.165, 1.54) is 6.08 Å². The number of carbonyl (C=O) groups excluding carboxylic acids is 2. The number of thiophene rings is 1. The molecule has 6 nitrogen and oxygen atoms in total. The Morgan fingerprint density at radius 3 is 2.85 bits per heavy atom. The first-order valence-electron chi connectivity index (χ1n) is 8.69. The molecule has 3 rings (SSSR count). The number of rotatable bonds is 6. The van der Waals surface area contributed by atoms with Crippen molar-refractivity contribution in [2.45, 2.75) is 19.4 Å². The van der Waals surface area contributed by atoms with Crippen molar-refractivity contribution in [2.75, 3.05) is 19.8 Å². The summed E-state index contributed by atoms with van der Waals surface area (Å²) in [5.74, 6) is 0.433. The number of carbonyl (C=O) groups is 2. The molecule has 1 aromatic heterocycles. The molecule has 1 aliphatic heterocycles. The Morgan fingerprint density at radius 1 is 1.26 bits per heavy atom. The largest absolute Gasteiger partial charge is 0.490 e. The highest BCUT2D eigenvalue weighted by Crippen LogP contribution is 2.30. The predicted molar refractivity (Wildman–Crippen MR) is 103 cm³/mol. The molecule has 2 heterocycles. The number of esters is 1. The van der Waals surface area contributed by atoms with Gasteiger partial charge in [-0.05, 0) is 42.1 Å². The average Bonchev–Trinajstić information content (AvgIpc) is 3.11. The van der Waals surface area contributed by atoms with Crippen LogP contribution in [0, 0.1) is 0 Å². The molecular formula is C20H21NO5S. The zero-order chi connectivity index (χ0) is 19.1.